The van der Waals surface area contributed by atoms with Crippen LogP contribution in [0.1, 0.15) is 11.3 Å². The third-order valence-corrected chi connectivity index (χ3v) is 3.11. The molecule has 1 heterocycles. The molecule has 3 nitrogen and oxygen atoms in total. The molecule has 0 saturated heterocycles. The predicted octanol–water partition coefficient (Wildman–Crippen LogP) is 2.60. The second kappa shape index (κ2) is 5.48. The maximum Gasteiger partial charge on any atom is 0.141 e. The molecule has 0 aliphatic rings. The van der Waals surface area contributed by atoms with Crippen LogP contribution in [0.2, 0.25) is 0 Å². The SMILES string of the molecule is N#Cc1cccc(Sc2ccc(CO)cc2)n1. The summed E-state index contributed by atoms with van der Waals surface area (Å²) >= 11 is 1.49. The summed E-state index contributed by atoms with van der Waals surface area (Å²) in [6, 6.07) is 15.0. The summed E-state index contributed by atoms with van der Waals surface area (Å²) in [4.78, 5) is 5.21. The van der Waals surface area contributed by atoms with E-state index in [0.29, 0.717) is 5.69 Å². The highest BCUT2D eigenvalue weighted by Crippen LogP contribution is 2.26. The van der Waals surface area contributed by atoms with Crippen LogP contribution in [0.25, 0.3) is 0 Å². The minimum Gasteiger partial charge on any atom is -0.392 e. The van der Waals surface area contributed by atoms with Gasteiger partial charge >= 0.3 is 0 Å². The lowest BCUT2D eigenvalue weighted by Gasteiger charge is -2.02. The van der Waals surface area contributed by atoms with Crippen molar-refractivity contribution in [1.82, 2.24) is 4.98 Å². The van der Waals surface area contributed by atoms with Gasteiger partial charge in [-0.15, -0.1) is 0 Å². The highest BCUT2D eigenvalue weighted by atomic mass is 32.2. The first-order chi connectivity index (χ1) is 8.31. The van der Waals surface area contributed by atoms with Crippen LogP contribution in [-0.2, 0) is 6.61 Å². The quantitative estimate of drug-likeness (QED) is 0.898. The third-order valence-electron chi connectivity index (χ3n) is 2.17. The first-order valence-electron chi connectivity index (χ1n) is 5.06. The molecule has 17 heavy (non-hydrogen) atoms. The van der Waals surface area contributed by atoms with E-state index >= 15 is 0 Å². The van der Waals surface area contributed by atoms with Gasteiger partial charge in [0, 0.05) is 4.90 Å². The summed E-state index contributed by atoms with van der Waals surface area (Å²) in [5.74, 6) is 0. The third kappa shape index (κ3) is 3.06. The lowest BCUT2D eigenvalue weighted by atomic mass is 10.2. The van der Waals surface area contributed by atoms with Gasteiger partial charge in [0.1, 0.15) is 16.8 Å². The van der Waals surface area contributed by atoms with Gasteiger partial charge in [0.2, 0.25) is 0 Å². The van der Waals surface area contributed by atoms with E-state index in [1.807, 2.05) is 42.5 Å². The molecule has 0 radical (unpaired) electrons. The van der Waals surface area contributed by atoms with Crippen LogP contribution in [0.3, 0.4) is 0 Å². The van der Waals surface area contributed by atoms with Crippen molar-refractivity contribution in [1.29, 1.82) is 5.26 Å². The van der Waals surface area contributed by atoms with Gasteiger partial charge in [0.15, 0.2) is 0 Å². The van der Waals surface area contributed by atoms with Crippen molar-refractivity contribution in [3.8, 4) is 6.07 Å². The van der Waals surface area contributed by atoms with E-state index in [-0.39, 0.29) is 6.61 Å². The van der Waals surface area contributed by atoms with Gasteiger partial charge in [-0.3, -0.25) is 0 Å². The molecule has 1 N–H and O–H groups in total. The van der Waals surface area contributed by atoms with Crippen molar-refractivity contribution < 1.29 is 5.11 Å². The van der Waals surface area contributed by atoms with E-state index in [4.69, 9.17) is 10.4 Å². The first kappa shape index (κ1) is 11.6. The average molecular weight is 242 g/mol. The zero-order chi connectivity index (χ0) is 12.1. The number of hydrogen-bond donors (Lipinski definition) is 1. The van der Waals surface area contributed by atoms with Gasteiger partial charge in [0.25, 0.3) is 0 Å². The van der Waals surface area contributed by atoms with Crippen LogP contribution < -0.4 is 0 Å². The lowest BCUT2D eigenvalue weighted by molar-refractivity contribution is 0.282. The molecule has 0 saturated carbocycles. The van der Waals surface area contributed by atoms with Crippen molar-refractivity contribution in [2.75, 3.05) is 0 Å². The van der Waals surface area contributed by atoms with Crippen LogP contribution in [0.15, 0.2) is 52.4 Å². The Kier molecular flexibility index (Phi) is 3.76. The molecule has 0 aliphatic heterocycles. The smallest absolute Gasteiger partial charge is 0.141 e. The van der Waals surface area contributed by atoms with Gasteiger partial charge < -0.3 is 5.11 Å². The molecule has 0 spiro atoms. The molecule has 0 bridgehead atoms. The molecule has 2 rings (SSSR count). The zero-order valence-corrected chi connectivity index (χ0v) is 9.81. The standard InChI is InChI=1S/C13H10N2OS/c14-8-11-2-1-3-13(15-11)17-12-6-4-10(9-16)5-7-12/h1-7,16H,9H2. The fourth-order valence-electron chi connectivity index (χ4n) is 1.32. The van der Waals surface area contributed by atoms with Crippen molar-refractivity contribution in [3.05, 3.63) is 53.7 Å². The highest BCUT2D eigenvalue weighted by molar-refractivity contribution is 7.99. The Morgan fingerprint density at radius 2 is 1.94 bits per heavy atom. The number of hydrogen-bond acceptors (Lipinski definition) is 4. The number of rotatable bonds is 3. The Bertz CT molecular complexity index is 546. The predicted molar refractivity (Wildman–Crippen MR) is 65.4 cm³/mol. The zero-order valence-electron chi connectivity index (χ0n) is 9.00. The number of aromatic nitrogens is 1. The molecule has 0 aliphatic carbocycles. The molecule has 0 unspecified atom stereocenters. The topological polar surface area (TPSA) is 56.9 Å². The van der Waals surface area contributed by atoms with Crippen molar-refractivity contribution in [2.24, 2.45) is 0 Å². The van der Waals surface area contributed by atoms with E-state index in [1.165, 1.54) is 11.8 Å². The van der Waals surface area contributed by atoms with Gasteiger partial charge in [-0.1, -0.05) is 30.0 Å². The van der Waals surface area contributed by atoms with Gasteiger partial charge in [-0.25, -0.2) is 4.98 Å². The monoisotopic (exact) mass is 242 g/mol. The summed E-state index contributed by atoms with van der Waals surface area (Å²) < 4.78 is 0. The van der Waals surface area contributed by atoms with Crippen LogP contribution in [0.5, 0.6) is 0 Å². The molecular weight excluding hydrogens is 232 g/mol. The normalized spacial score (nSPS) is 9.88. The second-order valence-electron chi connectivity index (χ2n) is 3.38. The van der Waals surface area contributed by atoms with E-state index in [2.05, 4.69) is 4.98 Å². The molecule has 1 aromatic heterocycles. The van der Waals surface area contributed by atoms with Crippen LogP contribution in [-0.4, -0.2) is 10.1 Å². The number of nitrogens with zero attached hydrogens (tertiary/aromatic N) is 2. The van der Waals surface area contributed by atoms with Crippen LogP contribution in [0, 0.1) is 11.3 Å². The largest absolute Gasteiger partial charge is 0.392 e. The minimum absolute atomic E-state index is 0.0487. The number of benzene rings is 1. The summed E-state index contributed by atoms with van der Waals surface area (Å²) in [6.07, 6.45) is 0. The van der Waals surface area contributed by atoms with Gasteiger partial charge in [-0.2, -0.15) is 5.26 Å². The summed E-state index contributed by atoms with van der Waals surface area (Å²) in [6.45, 7) is 0.0487. The van der Waals surface area contributed by atoms with Crippen molar-refractivity contribution in [2.45, 2.75) is 16.5 Å². The molecule has 0 amide bonds. The van der Waals surface area contributed by atoms with E-state index in [1.54, 1.807) is 6.07 Å². The lowest BCUT2D eigenvalue weighted by Crippen LogP contribution is -1.85. The van der Waals surface area contributed by atoms with Crippen molar-refractivity contribution in [3.63, 3.8) is 0 Å². The number of aliphatic hydroxyl groups excluding tert-OH is 1. The Morgan fingerprint density at radius 1 is 1.18 bits per heavy atom. The number of nitriles is 1. The molecule has 1 aromatic carbocycles. The summed E-state index contributed by atoms with van der Waals surface area (Å²) in [7, 11) is 0. The molecule has 0 atom stereocenters. The second-order valence-corrected chi connectivity index (χ2v) is 4.47. The highest BCUT2D eigenvalue weighted by Gasteiger charge is 2.00. The maximum atomic E-state index is 8.93. The van der Waals surface area contributed by atoms with Gasteiger partial charge in [-0.05, 0) is 29.8 Å². The molecule has 84 valence electrons. The maximum absolute atomic E-state index is 8.93. The fourth-order valence-corrected chi connectivity index (χ4v) is 2.12. The molecule has 0 fully saturated rings. The van der Waals surface area contributed by atoms with E-state index < -0.39 is 0 Å². The molecule has 2 aromatic rings. The Balaban J connectivity index is 2.16. The van der Waals surface area contributed by atoms with Crippen molar-refractivity contribution >= 4 is 11.8 Å². The molecular formula is C13H10N2OS. The Hall–Kier alpha value is -1.83. The Morgan fingerprint density at radius 3 is 2.59 bits per heavy atom. The van der Waals surface area contributed by atoms with E-state index in [0.717, 1.165) is 15.5 Å². The summed E-state index contributed by atoms with van der Waals surface area (Å²) in [5.41, 5.74) is 1.30. The summed E-state index contributed by atoms with van der Waals surface area (Å²) in [5, 5.41) is 18.5. The molecule has 4 heteroatoms. The van der Waals surface area contributed by atoms with Gasteiger partial charge in [0.05, 0.1) is 6.61 Å². The first-order valence-corrected chi connectivity index (χ1v) is 5.88. The average Bonchev–Trinajstić information content (AvgIpc) is 2.40. The van der Waals surface area contributed by atoms with Crippen LogP contribution in [0.4, 0.5) is 0 Å². The number of pyridine rings is 1. The van der Waals surface area contributed by atoms with Crippen LogP contribution >= 0.6 is 11.8 Å². The fraction of sp³-hybridized carbons (Fsp3) is 0.0769. The van der Waals surface area contributed by atoms with E-state index in [9.17, 15) is 0 Å². The Labute approximate surface area is 104 Å². The minimum atomic E-state index is 0.0487. The number of aliphatic hydroxyl groups is 1.